The molecule has 0 saturated carbocycles. The fourth-order valence-electron chi connectivity index (χ4n) is 2.29. The third kappa shape index (κ3) is 2.78. The summed E-state index contributed by atoms with van der Waals surface area (Å²) < 4.78 is 0. The van der Waals surface area contributed by atoms with Crippen LogP contribution in [0.4, 0.5) is 0 Å². The van der Waals surface area contributed by atoms with Crippen molar-refractivity contribution in [1.82, 2.24) is 10.3 Å². The standard InChI is InChI=1S/C17H16N2O/c20-16-9-8-15(19-12-16)11-18-10-14-6-3-5-13-4-1-2-7-17(13)14/h1-9,12,18,20H,10-11H2. The van der Waals surface area contributed by atoms with E-state index in [1.807, 2.05) is 6.07 Å². The van der Waals surface area contributed by atoms with Gasteiger partial charge in [-0.3, -0.25) is 4.98 Å². The molecule has 3 heteroatoms. The molecule has 100 valence electrons. The summed E-state index contributed by atoms with van der Waals surface area (Å²) in [5.41, 5.74) is 2.20. The van der Waals surface area contributed by atoms with E-state index in [1.165, 1.54) is 22.5 Å². The molecule has 3 nitrogen and oxygen atoms in total. The van der Waals surface area contributed by atoms with Gasteiger partial charge in [0.1, 0.15) is 5.75 Å². The Morgan fingerprint density at radius 2 is 1.75 bits per heavy atom. The van der Waals surface area contributed by atoms with Crippen molar-refractivity contribution in [2.45, 2.75) is 13.1 Å². The van der Waals surface area contributed by atoms with Crippen molar-refractivity contribution < 1.29 is 5.11 Å². The Balaban J connectivity index is 1.69. The number of nitrogens with one attached hydrogen (secondary N) is 1. The zero-order valence-electron chi connectivity index (χ0n) is 11.1. The molecule has 0 aliphatic heterocycles. The van der Waals surface area contributed by atoms with Crippen LogP contribution in [0.2, 0.25) is 0 Å². The quantitative estimate of drug-likeness (QED) is 0.760. The summed E-state index contributed by atoms with van der Waals surface area (Å²) in [4.78, 5) is 4.16. The van der Waals surface area contributed by atoms with Gasteiger partial charge in [-0.05, 0) is 28.5 Å². The van der Waals surface area contributed by atoms with Gasteiger partial charge in [0.15, 0.2) is 0 Å². The maximum atomic E-state index is 9.20. The maximum absolute atomic E-state index is 9.20. The van der Waals surface area contributed by atoms with Crippen LogP contribution in [-0.4, -0.2) is 10.1 Å². The second kappa shape index (κ2) is 5.72. The van der Waals surface area contributed by atoms with Gasteiger partial charge in [-0.1, -0.05) is 42.5 Å². The van der Waals surface area contributed by atoms with Crippen molar-refractivity contribution in [1.29, 1.82) is 0 Å². The molecule has 0 spiro atoms. The largest absolute Gasteiger partial charge is 0.506 e. The van der Waals surface area contributed by atoms with E-state index >= 15 is 0 Å². The Labute approximate surface area is 117 Å². The lowest BCUT2D eigenvalue weighted by atomic mass is 10.0. The highest BCUT2D eigenvalue weighted by Gasteiger charge is 2.00. The van der Waals surface area contributed by atoms with E-state index in [-0.39, 0.29) is 5.75 Å². The summed E-state index contributed by atoms with van der Waals surface area (Å²) >= 11 is 0. The number of aromatic hydroxyl groups is 1. The molecular formula is C17H16N2O. The summed E-state index contributed by atoms with van der Waals surface area (Å²) in [6, 6.07) is 18.2. The number of benzene rings is 2. The van der Waals surface area contributed by atoms with Crippen LogP contribution in [0.1, 0.15) is 11.3 Å². The molecule has 0 fully saturated rings. The SMILES string of the molecule is Oc1ccc(CNCc2cccc3ccccc23)nc1. The highest BCUT2D eigenvalue weighted by Crippen LogP contribution is 2.18. The van der Waals surface area contributed by atoms with Crippen LogP contribution in [0.5, 0.6) is 5.75 Å². The predicted molar refractivity (Wildman–Crippen MR) is 80.4 cm³/mol. The lowest BCUT2D eigenvalue weighted by Gasteiger charge is -2.08. The number of hydrogen-bond donors (Lipinski definition) is 2. The molecule has 0 unspecified atom stereocenters. The average molecular weight is 264 g/mol. The normalized spacial score (nSPS) is 10.8. The second-order valence-electron chi connectivity index (χ2n) is 4.75. The molecule has 0 radical (unpaired) electrons. The first-order valence-corrected chi connectivity index (χ1v) is 6.64. The zero-order valence-corrected chi connectivity index (χ0v) is 11.1. The Hall–Kier alpha value is -2.39. The number of nitrogens with zero attached hydrogens (tertiary/aromatic N) is 1. The topological polar surface area (TPSA) is 45.1 Å². The first-order valence-electron chi connectivity index (χ1n) is 6.64. The molecule has 3 aromatic rings. The summed E-state index contributed by atoms with van der Waals surface area (Å²) in [6.45, 7) is 1.48. The smallest absolute Gasteiger partial charge is 0.133 e. The van der Waals surface area contributed by atoms with Crippen molar-refractivity contribution in [3.63, 3.8) is 0 Å². The molecule has 0 aliphatic rings. The summed E-state index contributed by atoms with van der Waals surface area (Å²) in [7, 11) is 0. The van der Waals surface area contributed by atoms with Gasteiger partial charge in [-0.2, -0.15) is 0 Å². The number of pyridine rings is 1. The van der Waals surface area contributed by atoms with Gasteiger partial charge >= 0.3 is 0 Å². The molecule has 0 amide bonds. The first kappa shape index (κ1) is 12.6. The molecular weight excluding hydrogens is 248 g/mol. The predicted octanol–water partition coefficient (Wildman–Crippen LogP) is 3.23. The second-order valence-corrected chi connectivity index (χ2v) is 4.75. The highest BCUT2D eigenvalue weighted by molar-refractivity contribution is 5.85. The van der Waals surface area contributed by atoms with Gasteiger partial charge in [0.25, 0.3) is 0 Å². The molecule has 0 bridgehead atoms. The molecule has 2 aromatic carbocycles. The molecule has 1 aromatic heterocycles. The zero-order chi connectivity index (χ0) is 13.8. The summed E-state index contributed by atoms with van der Waals surface area (Å²) in [5, 5.41) is 15.1. The Morgan fingerprint density at radius 3 is 2.60 bits per heavy atom. The van der Waals surface area contributed by atoms with Crippen molar-refractivity contribution in [3.05, 3.63) is 72.1 Å². The summed E-state index contributed by atoms with van der Waals surface area (Å²) in [6.07, 6.45) is 1.47. The molecule has 1 heterocycles. The van der Waals surface area contributed by atoms with E-state index in [4.69, 9.17) is 0 Å². The van der Waals surface area contributed by atoms with E-state index in [0.717, 1.165) is 12.2 Å². The Morgan fingerprint density at radius 1 is 0.900 bits per heavy atom. The third-order valence-corrected chi connectivity index (χ3v) is 3.31. The molecule has 0 aliphatic carbocycles. The van der Waals surface area contributed by atoms with Gasteiger partial charge < -0.3 is 10.4 Å². The highest BCUT2D eigenvalue weighted by atomic mass is 16.3. The number of hydrogen-bond acceptors (Lipinski definition) is 3. The third-order valence-electron chi connectivity index (χ3n) is 3.31. The van der Waals surface area contributed by atoms with Crippen molar-refractivity contribution in [2.24, 2.45) is 0 Å². The molecule has 0 saturated heterocycles. The number of rotatable bonds is 4. The van der Waals surface area contributed by atoms with E-state index in [9.17, 15) is 5.11 Å². The van der Waals surface area contributed by atoms with Crippen LogP contribution in [0.3, 0.4) is 0 Å². The molecule has 20 heavy (non-hydrogen) atoms. The number of fused-ring (bicyclic) bond motifs is 1. The fraction of sp³-hybridized carbons (Fsp3) is 0.118. The number of aromatic nitrogens is 1. The first-order chi connectivity index (χ1) is 9.83. The minimum atomic E-state index is 0.197. The molecule has 0 atom stereocenters. The van der Waals surface area contributed by atoms with Gasteiger partial charge in [0.05, 0.1) is 11.9 Å². The van der Waals surface area contributed by atoms with Crippen molar-refractivity contribution >= 4 is 10.8 Å². The van der Waals surface area contributed by atoms with Crippen LogP contribution in [0.15, 0.2) is 60.8 Å². The van der Waals surface area contributed by atoms with E-state index < -0.39 is 0 Å². The van der Waals surface area contributed by atoms with Crippen molar-refractivity contribution in [2.75, 3.05) is 0 Å². The van der Waals surface area contributed by atoms with Crippen LogP contribution in [0, 0.1) is 0 Å². The van der Waals surface area contributed by atoms with Crippen LogP contribution in [-0.2, 0) is 13.1 Å². The maximum Gasteiger partial charge on any atom is 0.133 e. The van der Waals surface area contributed by atoms with Crippen LogP contribution in [0.25, 0.3) is 10.8 Å². The van der Waals surface area contributed by atoms with E-state index in [1.54, 1.807) is 6.07 Å². The Bertz CT molecular complexity index is 702. The van der Waals surface area contributed by atoms with Gasteiger partial charge in [0.2, 0.25) is 0 Å². The molecule has 2 N–H and O–H groups in total. The average Bonchev–Trinajstić information content (AvgIpc) is 2.49. The van der Waals surface area contributed by atoms with E-state index in [0.29, 0.717) is 6.54 Å². The van der Waals surface area contributed by atoms with Crippen LogP contribution < -0.4 is 5.32 Å². The summed E-state index contributed by atoms with van der Waals surface area (Å²) in [5.74, 6) is 0.197. The van der Waals surface area contributed by atoms with Gasteiger partial charge in [0, 0.05) is 13.1 Å². The van der Waals surface area contributed by atoms with Gasteiger partial charge in [-0.25, -0.2) is 0 Å². The lowest BCUT2D eigenvalue weighted by Crippen LogP contribution is -2.13. The van der Waals surface area contributed by atoms with Crippen LogP contribution >= 0.6 is 0 Å². The minimum Gasteiger partial charge on any atom is -0.506 e. The molecule has 3 rings (SSSR count). The minimum absolute atomic E-state index is 0.197. The lowest BCUT2D eigenvalue weighted by molar-refractivity contribution is 0.471. The fourth-order valence-corrected chi connectivity index (χ4v) is 2.29. The van der Waals surface area contributed by atoms with E-state index in [2.05, 4.69) is 52.8 Å². The Kier molecular flexibility index (Phi) is 3.61. The monoisotopic (exact) mass is 264 g/mol. The van der Waals surface area contributed by atoms with Crippen molar-refractivity contribution in [3.8, 4) is 5.75 Å². The van der Waals surface area contributed by atoms with Gasteiger partial charge in [-0.15, -0.1) is 0 Å².